The van der Waals surface area contributed by atoms with Crippen molar-refractivity contribution >= 4 is 17.6 Å². The molecule has 212 valence electrons. The molecule has 36 heavy (non-hydrogen) atoms. The Morgan fingerprint density at radius 1 is 0.556 bits per heavy atom. The first-order valence-electron chi connectivity index (χ1n) is 13.3. The van der Waals surface area contributed by atoms with Gasteiger partial charge in [-0.3, -0.25) is 19.7 Å². The number of hydrogen-bond acceptors (Lipinski definition) is 7. The maximum atomic E-state index is 13.2. The molecular formula is C27H56N6O3. The molecule has 0 saturated heterocycles. The van der Waals surface area contributed by atoms with E-state index >= 15 is 0 Å². The van der Waals surface area contributed by atoms with Crippen LogP contribution in [0.5, 0.6) is 0 Å². The highest BCUT2D eigenvalue weighted by Gasteiger charge is 2.30. The summed E-state index contributed by atoms with van der Waals surface area (Å²) in [4.78, 5) is 39.0. The zero-order valence-electron chi connectivity index (χ0n) is 25.2. The van der Waals surface area contributed by atoms with Gasteiger partial charge in [0.1, 0.15) is 6.04 Å². The normalized spacial score (nSPS) is 15.5. The van der Waals surface area contributed by atoms with Crippen molar-refractivity contribution in [2.75, 3.05) is 19.6 Å². The molecule has 3 atom stereocenters. The molecule has 0 aliphatic heterocycles. The lowest BCUT2D eigenvalue weighted by Gasteiger charge is -2.32. The van der Waals surface area contributed by atoms with Gasteiger partial charge in [-0.15, -0.1) is 0 Å². The minimum Gasteiger partial charge on any atom is -0.353 e. The molecule has 0 bridgehead atoms. The van der Waals surface area contributed by atoms with Gasteiger partial charge in [0.2, 0.25) is 11.8 Å². The molecule has 3 unspecified atom stereocenters. The highest BCUT2D eigenvalue weighted by Crippen LogP contribution is 2.07. The Labute approximate surface area is 220 Å². The monoisotopic (exact) mass is 512 g/mol. The van der Waals surface area contributed by atoms with Crippen molar-refractivity contribution in [1.82, 2.24) is 31.9 Å². The Bertz CT molecular complexity index is 702. The van der Waals surface area contributed by atoms with Gasteiger partial charge < -0.3 is 26.6 Å². The van der Waals surface area contributed by atoms with E-state index in [-0.39, 0.29) is 59.3 Å². The summed E-state index contributed by atoms with van der Waals surface area (Å²) >= 11 is 0. The van der Waals surface area contributed by atoms with Crippen molar-refractivity contribution in [2.45, 2.75) is 131 Å². The molecule has 9 heteroatoms. The molecule has 0 aromatic carbocycles. The van der Waals surface area contributed by atoms with Crippen LogP contribution in [0.25, 0.3) is 0 Å². The molecule has 0 aromatic rings. The minimum atomic E-state index is -0.660. The van der Waals surface area contributed by atoms with E-state index in [2.05, 4.69) is 31.9 Å². The van der Waals surface area contributed by atoms with E-state index in [9.17, 15) is 14.4 Å². The first kappa shape index (κ1) is 34.5. The quantitative estimate of drug-likeness (QED) is 0.209. The lowest BCUT2D eigenvalue weighted by Crippen LogP contribution is -2.61. The number of nitrogens with one attached hydrogen (secondary N) is 6. The van der Waals surface area contributed by atoms with Crippen LogP contribution in [0.3, 0.4) is 0 Å². The summed E-state index contributed by atoms with van der Waals surface area (Å²) in [5, 5.41) is 19.2. The van der Waals surface area contributed by atoms with Gasteiger partial charge in [-0.05, 0) is 62.3 Å². The van der Waals surface area contributed by atoms with Crippen molar-refractivity contribution in [1.29, 1.82) is 0 Å². The smallest absolute Gasteiger partial charge is 0.239 e. The summed E-state index contributed by atoms with van der Waals surface area (Å²) < 4.78 is 0. The molecule has 9 nitrogen and oxygen atoms in total. The average molecular weight is 513 g/mol. The Morgan fingerprint density at radius 2 is 0.889 bits per heavy atom. The number of ketones is 1. The van der Waals surface area contributed by atoms with Gasteiger partial charge in [0.05, 0.1) is 12.1 Å². The molecule has 0 heterocycles. The summed E-state index contributed by atoms with van der Waals surface area (Å²) in [7, 11) is 0. The predicted octanol–water partition coefficient (Wildman–Crippen LogP) is 1.71. The topological polar surface area (TPSA) is 123 Å². The molecule has 0 spiro atoms. The third kappa shape index (κ3) is 16.2. The standard InChI is InChI=1S/C27H56N6O3/c1-17(2)22(34)19(31-25(5,6)7)14-29-24(36)21(33-27(11,12)13)16-30-23(35)20(15-28-18(3)4)32-26(8,9)10/h17-21,28,31-33H,14-16H2,1-13H3,(H,29,36)(H,30,35). The highest BCUT2D eigenvalue weighted by atomic mass is 16.2. The summed E-state index contributed by atoms with van der Waals surface area (Å²) in [5.41, 5.74) is -0.888. The van der Waals surface area contributed by atoms with Crippen LogP contribution in [0.2, 0.25) is 0 Å². The van der Waals surface area contributed by atoms with Gasteiger partial charge in [-0.25, -0.2) is 0 Å². The maximum absolute atomic E-state index is 13.2. The molecule has 6 N–H and O–H groups in total. The fourth-order valence-corrected chi connectivity index (χ4v) is 3.62. The summed E-state index contributed by atoms with van der Waals surface area (Å²) in [6.45, 7) is 26.5. The largest absolute Gasteiger partial charge is 0.353 e. The van der Waals surface area contributed by atoms with Gasteiger partial charge in [0.15, 0.2) is 5.78 Å². The molecule has 0 aromatic heterocycles. The SMILES string of the molecule is CC(C)NCC(NC(C)(C)C)C(=O)NCC(NC(C)(C)C)C(=O)NCC(NC(C)(C)C)C(=O)C(C)C. The zero-order chi connectivity index (χ0) is 28.5. The third-order valence-electron chi connectivity index (χ3n) is 5.06. The molecule has 0 aliphatic carbocycles. The number of amides is 2. The maximum Gasteiger partial charge on any atom is 0.239 e. The van der Waals surface area contributed by atoms with Crippen molar-refractivity contribution in [3.8, 4) is 0 Å². The van der Waals surface area contributed by atoms with Gasteiger partial charge >= 0.3 is 0 Å². The average Bonchev–Trinajstić information content (AvgIpc) is 2.67. The predicted molar refractivity (Wildman–Crippen MR) is 149 cm³/mol. The van der Waals surface area contributed by atoms with Crippen LogP contribution >= 0.6 is 0 Å². The lowest BCUT2D eigenvalue weighted by atomic mass is 9.98. The molecule has 0 radical (unpaired) electrons. The summed E-state index contributed by atoms with van der Waals surface area (Å²) in [6, 6.07) is -1.37. The van der Waals surface area contributed by atoms with Crippen molar-refractivity contribution in [2.24, 2.45) is 5.92 Å². The van der Waals surface area contributed by atoms with Gasteiger partial charge in [-0.1, -0.05) is 27.7 Å². The lowest BCUT2D eigenvalue weighted by molar-refractivity contribution is -0.126. The van der Waals surface area contributed by atoms with E-state index in [1.165, 1.54) is 0 Å². The first-order chi connectivity index (χ1) is 16.1. The minimum absolute atomic E-state index is 0.0487. The number of rotatable bonds is 14. The van der Waals surface area contributed by atoms with Crippen LogP contribution in [0, 0.1) is 5.92 Å². The van der Waals surface area contributed by atoms with E-state index in [0.717, 1.165) is 0 Å². The Morgan fingerprint density at radius 3 is 1.22 bits per heavy atom. The zero-order valence-corrected chi connectivity index (χ0v) is 25.2. The van der Waals surface area contributed by atoms with E-state index in [4.69, 9.17) is 0 Å². The van der Waals surface area contributed by atoms with Gasteiger partial charge in [0.25, 0.3) is 0 Å². The number of Topliss-reactive ketones (excluding diaryl/α,β-unsaturated/α-hetero) is 1. The second kappa shape index (κ2) is 14.4. The third-order valence-corrected chi connectivity index (χ3v) is 5.06. The fraction of sp³-hybridized carbons (Fsp3) is 0.889. The van der Waals surface area contributed by atoms with E-state index in [1.807, 2.05) is 90.0 Å². The first-order valence-corrected chi connectivity index (χ1v) is 13.3. The molecule has 0 aliphatic rings. The Kier molecular flexibility index (Phi) is 13.8. The highest BCUT2D eigenvalue weighted by molar-refractivity contribution is 5.88. The van der Waals surface area contributed by atoms with Crippen LogP contribution < -0.4 is 31.9 Å². The van der Waals surface area contributed by atoms with Crippen LogP contribution in [0.1, 0.15) is 90.0 Å². The van der Waals surface area contributed by atoms with Crippen LogP contribution in [-0.2, 0) is 14.4 Å². The van der Waals surface area contributed by atoms with Crippen molar-refractivity contribution in [3.63, 3.8) is 0 Å². The number of carbonyl (C=O) groups excluding carboxylic acids is 3. The van der Waals surface area contributed by atoms with Crippen LogP contribution in [-0.4, -0.2) is 78.0 Å². The Balaban J connectivity index is 5.45. The number of hydrogen-bond donors (Lipinski definition) is 6. The molecule has 2 amide bonds. The number of carbonyl (C=O) groups is 3. The summed E-state index contributed by atoms with van der Waals surface area (Å²) in [5.74, 6) is -0.541. The molecule has 0 fully saturated rings. The molecule has 0 saturated carbocycles. The van der Waals surface area contributed by atoms with E-state index in [1.54, 1.807) is 0 Å². The molecular weight excluding hydrogens is 456 g/mol. The summed E-state index contributed by atoms with van der Waals surface area (Å²) in [6.07, 6.45) is 0. The van der Waals surface area contributed by atoms with Crippen molar-refractivity contribution in [3.05, 3.63) is 0 Å². The molecule has 0 rings (SSSR count). The Hall–Kier alpha value is -1.55. The van der Waals surface area contributed by atoms with Gasteiger partial charge in [-0.2, -0.15) is 0 Å². The van der Waals surface area contributed by atoms with Crippen LogP contribution in [0.4, 0.5) is 0 Å². The van der Waals surface area contributed by atoms with E-state index in [0.29, 0.717) is 6.54 Å². The second-order valence-electron chi connectivity index (χ2n) is 13.5. The van der Waals surface area contributed by atoms with Crippen molar-refractivity contribution < 1.29 is 14.4 Å². The van der Waals surface area contributed by atoms with Crippen LogP contribution in [0.15, 0.2) is 0 Å². The van der Waals surface area contributed by atoms with E-state index < -0.39 is 18.1 Å². The van der Waals surface area contributed by atoms with Gasteiger partial charge in [0, 0.05) is 48.2 Å². The second-order valence-corrected chi connectivity index (χ2v) is 13.5. The fourth-order valence-electron chi connectivity index (χ4n) is 3.62.